The van der Waals surface area contributed by atoms with Gasteiger partial charge in [0.1, 0.15) is 0 Å². The standard InChI is InChI=1S/C14H13ClINOS/c1-9-5-6-19-13(9)8-17(2)14(18)11-7-10(15)3-4-12(11)16/h3-7H,8H2,1-2H3. The molecule has 0 saturated heterocycles. The zero-order valence-corrected chi connectivity index (χ0v) is 14.3. The lowest BCUT2D eigenvalue weighted by molar-refractivity contribution is 0.0785. The number of thiophene rings is 1. The molecule has 0 aliphatic rings. The van der Waals surface area contributed by atoms with Gasteiger partial charge in [-0.15, -0.1) is 11.3 Å². The van der Waals surface area contributed by atoms with E-state index in [-0.39, 0.29) is 5.91 Å². The van der Waals surface area contributed by atoms with Gasteiger partial charge in [-0.05, 0) is 64.7 Å². The molecule has 0 unspecified atom stereocenters. The highest BCUT2D eigenvalue weighted by Crippen LogP contribution is 2.22. The number of carbonyl (C=O) groups is 1. The van der Waals surface area contributed by atoms with Crippen LogP contribution in [0.15, 0.2) is 29.6 Å². The largest absolute Gasteiger partial charge is 0.337 e. The van der Waals surface area contributed by atoms with Gasteiger partial charge >= 0.3 is 0 Å². The fourth-order valence-corrected chi connectivity index (χ4v) is 3.42. The van der Waals surface area contributed by atoms with Crippen molar-refractivity contribution in [3.8, 4) is 0 Å². The molecule has 0 bridgehead atoms. The molecule has 2 rings (SSSR count). The van der Waals surface area contributed by atoms with Crippen molar-refractivity contribution in [1.29, 1.82) is 0 Å². The van der Waals surface area contributed by atoms with E-state index in [9.17, 15) is 4.79 Å². The molecule has 1 aromatic carbocycles. The molecule has 0 radical (unpaired) electrons. The second kappa shape index (κ2) is 6.24. The van der Waals surface area contributed by atoms with E-state index in [0.717, 1.165) is 3.57 Å². The topological polar surface area (TPSA) is 20.3 Å². The maximum Gasteiger partial charge on any atom is 0.255 e. The third kappa shape index (κ3) is 3.49. The normalized spacial score (nSPS) is 10.5. The summed E-state index contributed by atoms with van der Waals surface area (Å²) < 4.78 is 0.918. The van der Waals surface area contributed by atoms with Crippen LogP contribution in [0.2, 0.25) is 5.02 Å². The van der Waals surface area contributed by atoms with Gasteiger partial charge in [-0.25, -0.2) is 0 Å². The Morgan fingerprint density at radius 1 is 1.42 bits per heavy atom. The van der Waals surface area contributed by atoms with Crippen molar-refractivity contribution in [2.24, 2.45) is 0 Å². The van der Waals surface area contributed by atoms with Crippen LogP contribution in [-0.4, -0.2) is 17.9 Å². The summed E-state index contributed by atoms with van der Waals surface area (Å²) in [4.78, 5) is 15.4. The summed E-state index contributed by atoms with van der Waals surface area (Å²) >= 11 is 9.80. The maximum absolute atomic E-state index is 12.4. The van der Waals surface area contributed by atoms with Crippen molar-refractivity contribution in [3.63, 3.8) is 0 Å². The second-order valence-electron chi connectivity index (χ2n) is 4.31. The molecule has 2 nitrogen and oxygen atoms in total. The smallest absolute Gasteiger partial charge is 0.255 e. The van der Waals surface area contributed by atoms with Gasteiger partial charge in [0.05, 0.1) is 12.1 Å². The molecule has 100 valence electrons. The van der Waals surface area contributed by atoms with Crippen LogP contribution < -0.4 is 0 Å². The average molecular weight is 406 g/mol. The van der Waals surface area contributed by atoms with E-state index in [1.165, 1.54) is 10.4 Å². The average Bonchev–Trinajstić information content (AvgIpc) is 2.77. The van der Waals surface area contributed by atoms with E-state index >= 15 is 0 Å². The van der Waals surface area contributed by atoms with E-state index < -0.39 is 0 Å². The monoisotopic (exact) mass is 405 g/mol. The Morgan fingerprint density at radius 3 is 2.79 bits per heavy atom. The third-order valence-electron chi connectivity index (χ3n) is 2.85. The van der Waals surface area contributed by atoms with Crippen LogP contribution in [0.1, 0.15) is 20.8 Å². The highest BCUT2D eigenvalue weighted by molar-refractivity contribution is 14.1. The predicted octanol–water partition coefficient (Wildman–Crippen LogP) is 4.59. The van der Waals surface area contributed by atoms with Gasteiger partial charge in [0.25, 0.3) is 5.91 Å². The fraction of sp³-hybridized carbons (Fsp3) is 0.214. The molecule has 1 heterocycles. The predicted molar refractivity (Wildman–Crippen MR) is 89.0 cm³/mol. The first-order valence-electron chi connectivity index (χ1n) is 5.72. The van der Waals surface area contributed by atoms with Gasteiger partial charge in [-0.3, -0.25) is 4.79 Å². The lowest BCUT2D eigenvalue weighted by atomic mass is 10.2. The minimum atomic E-state index is -0.000278. The molecule has 19 heavy (non-hydrogen) atoms. The molecule has 0 atom stereocenters. The number of hydrogen-bond donors (Lipinski definition) is 0. The van der Waals surface area contributed by atoms with Crippen molar-refractivity contribution >= 4 is 51.4 Å². The Balaban J connectivity index is 2.19. The minimum absolute atomic E-state index is 0.000278. The summed E-state index contributed by atoms with van der Waals surface area (Å²) in [5.74, 6) is -0.000278. The summed E-state index contributed by atoms with van der Waals surface area (Å²) in [6.45, 7) is 2.69. The number of hydrogen-bond acceptors (Lipinski definition) is 2. The highest BCUT2D eigenvalue weighted by atomic mass is 127. The minimum Gasteiger partial charge on any atom is -0.337 e. The fourth-order valence-electron chi connectivity index (χ4n) is 1.72. The van der Waals surface area contributed by atoms with Crippen LogP contribution in [-0.2, 0) is 6.54 Å². The molecule has 0 saturated carbocycles. The van der Waals surface area contributed by atoms with Crippen molar-refractivity contribution in [2.75, 3.05) is 7.05 Å². The number of nitrogens with zero attached hydrogens (tertiary/aromatic N) is 1. The first kappa shape index (κ1) is 14.8. The van der Waals surface area contributed by atoms with Crippen LogP contribution in [0.25, 0.3) is 0 Å². The molecule has 5 heteroatoms. The SMILES string of the molecule is Cc1ccsc1CN(C)C(=O)c1cc(Cl)ccc1I. The molecular formula is C14H13ClINOS. The van der Waals surface area contributed by atoms with E-state index in [0.29, 0.717) is 17.1 Å². The third-order valence-corrected chi connectivity index (χ3v) is 5.04. The number of halogens is 2. The number of carbonyl (C=O) groups excluding carboxylic acids is 1. The Hall–Kier alpha value is -0.590. The van der Waals surface area contributed by atoms with Gasteiger partial charge in [-0.1, -0.05) is 11.6 Å². The van der Waals surface area contributed by atoms with Crippen LogP contribution in [0.4, 0.5) is 0 Å². The second-order valence-corrected chi connectivity index (χ2v) is 6.91. The summed E-state index contributed by atoms with van der Waals surface area (Å²) in [5, 5.41) is 2.64. The van der Waals surface area contributed by atoms with Crippen molar-refractivity contribution in [3.05, 3.63) is 54.2 Å². The first-order valence-corrected chi connectivity index (χ1v) is 8.06. The molecule has 1 aromatic heterocycles. The number of amides is 1. The molecule has 0 N–H and O–H groups in total. The highest BCUT2D eigenvalue weighted by Gasteiger charge is 2.16. The van der Waals surface area contributed by atoms with Gasteiger partial charge in [0.15, 0.2) is 0 Å². The quantitative estimate of drug-likeness (QED) is 0.684. The summed E-state index contributed by atoms with van der Waals surface area (Å²) in [6.07, 6.45) is 0. The van der Waals surface area contributed by atoms with E-state index in [4.69, 9.17) is 11.6 Å². The van der Waals surface area contributed by atoms with Gasteiger partial charge in [-0.2, -0.15) is 0 Å². The van der Waals surface area contributed by atoms with E-state index in [2.05, 4.69) is 35.6 Å². The number of rotatable bonds is 3. The molecule has 0 aliphatic heterocycles. The maximum atomic E-state index is 12.4. The molecule has 1 amide bonds. The molecule has 0 aliphatic carbocycles. The Morgan fingerprint density at radius 2 is 2.16 bits per heavy atom. The van der Waals surface area contributed by atoms with Crippen LogP contribution >= 0.6 is 45.5 Å². The van der Waals surface area contributed by atoms with Gasteiger partial charge < -0.3 is 4.90 Å². The Labute approximate surface area is 135 Å². The van der Waals surface area contributed by atoms with E-state index in [1.807, 2.05) is 18.5 Å². The Bertz CT molecular complexity index is 611. The van der Waals surface area contributed by atoms with Crippen molar-refractivity contribution in [2.45, 2.75) is 13.5 Å². The molecule has 0 fully saturated rings. The van der Waals surface area contributed by atoms with Gasteiger partial charge in [0, 0.05) is 20.5 Å². The van der Waals surface area contributed by atoms with Crippen LogP contribution in [0.3, 0.4) is 0 Å². The summed E-state index contributed by atoms with van der Waals surface area (Å²) in [6, 6.07) is 7.45. The summed E-state index contributed by atoms with van der Waals surface area (Å²) in [7, 11) is 1.82. The zero-order valence-electron chi connectivity index (χ0n) is 10.6. The van der Waals surface area contributed by atoms with Gasteiger partial charge in [0.2, 0.25) is 0 Å². The zero-order chi connectivity index (χ0) is 14.0. The lowest BCUT2D eigenvalue weighted by Crippen LogP contribution is -2.26. The number of aryl methyl sites for hydroxylation is 1. The first-order chi connectivity index (χ1) is 8.99. The van der Waals surface area contributed by atoms with E-state index in [1.54, 1.807) is 28.4 Å². The Kier molecular flexibility index (Phi) is 4.86. The number of benzene rings is 1. The lowest BCUT2D eigenvalue weighted by Gasteiger charge is -2.18. The molecular weight excluding hydrogens is 393 g/mol. The summed E-state index contributed by atoms with van der Waals surface area (Å²) in [5.41, 5.74) is 1.88. The molecule has 0 spiro atoms. The van der Waals surface area contributed by atoms with Crippen molar-refractivity contribution < 1.29 is 4.79 Å². The molecule has 2 aromatic rings. The van der Waals surface area contributed by atoms with Crippen molar-refractivity contribution in [1.82, 2.24) is 4.90 Å². The van der Waals surface area contributed by atoms with Crippen LogP contribution in [0.5, 0.6) is 0 Å². The van der Waals surface area contributed by atoms with Crippen LogP contribution in [0, 0.1) is 10.5 Å².